The number of carbonyl (C=O) groups excluding carboxylic acids is 1. The second-order valence-corrected chi connectivity index (χ2v) is 6.98. The van der Waals surface area contributed by atoms with Crippen LogP contribution in [0.15, 0.2) is 30.3 Å². The van der Waals surface area contributed by atoms with Crippen LogP contribution in [0.5, 0.6) is 0 Å². The van der Waals surface area contributed by atoms with E-state index >= 15 is 0 Å². The number of carbonyl (C=O) groups is 1. The topological polar surface area (TPSA) is 54.3 Å². The van der Waals surface area contributed by atoms with Crippen molar-refractivity contribution in [3.8, 4) is 0 Å². The predicted molar refractivity (Wildman–Crippen MR) is 94.8 cm³/mol. The number of hydrogen-bond donors (Lipinski definition) is 0. The molecule has 1 saturated heterocycles. The van der Waals surface area contributed by atoms with Crippen molar-refractivity contribution in [1.82, 2.24) is 24.6 Å². The second kappa shape index (κ2) is 6.96. The second-order valence-electron chi connectivity index (χ2n) is 6.98. The van der Waals surface area contributed by atoms with Gasteiger partial charge in [-0.25, -0.2) is 0 Å². The summed E-state index contributed by atoms with van der Waals surface area (Å²) in [7, 11) is 0. The lowest BCUT2D eigenvalue weighted by molar-refractivity contribution is -0.139. The highest BCUT2D eigenvalue weighted by Crippen LogP contribution is 2.28. The molecule has 0 spiro atoms. The van der Waals surface area contributed by atoms with Gasteiger partial charge in [0.2, 0.25) is 5.91 Å². The smallest absolute Gasteiger partial charge is 0.244 e. The minimum Gasteiger partial charge on any atom is -0.341 e. The van der Waals surface area contributed by atoms with Crippen LogP contribution in [0.2, 0.25) is 0 Å². The standard InChI is InChI=1S/C19H25N5O/c1-15-20-21-17-14-23(12-13-24(15)17)18(16-8-4-2-5-9-16)19(25)22-10-6-3-7-11-22/h2,4-5,8-9,18H,3,6-7,10-14H2,1H3/t18-/m0/s1. The van der Waals surface area contributed by atoms with Crippen molar-refractivity contribution in [2.45, 2.75) is 45.3 Å². The van der Waals surface area contributed by atoms with Crippen molar-refractivity contribution in [3.05, 3.63) is 47.5 Å². The molecule has 1 atom stereocenters. The average Bonchev–Trinajstić information content (AvgIpc) is 3.04. The van der Waals surface area contributed by atoms with Gasteiger partial charge in [0.15, 0.2) is 0 Å². The van der Waals surface area contributed by atoms with E-state index in [9.17, 15) is 4.79 Å². The van der Waals surface area contributed by atoms with Gasteiger partial charge in [-0.15, -0.1) is 10.2 Å². The SMILES string of the molecule is Cc1nnc2n1CCN([C@H](C(=O)N1CCCCC1)c1ccccc1)C2. The minimum atomic E-state index is -0.231. The number of nitrogens with zero attached hydrogens (tertiary/aromatic N) is 5. The summed E-state index contributed by atoms with van der Waals surface area (Å²) in [6, 6.07) is 9.94. The third-order valence-electron chi connectivity index (χ3n) is 5.35. The molecule has 3 heterocycles. The molecule has 4 rings (SSSR count). The Kier molecular flexibility index (Phi) is 4.53. The van der Waals surface area contributed by atoms with Crippen LogP contribution in [0.1, 0.15) is 42.5 Å². The molecule has 2 aliphatic rings. The highest BCUT2D eigenvalue weighted by Gasteiger charge is 2.34. The van der Waals surface area contributed by atoms with Gasteiger partial charge in [0.05, 0.1) is 6.54 Å². The van der Waals surface area contributed by atoms with Crippen LogP contribution in [0.3, 0.4) is 0 Å². The molecule has 0 bridgehead atoms. The number of piperidine rings is 1. The minimum absolute atomic E-state index is 0.231. The third-order valence-corrected chi connectivity index (χ3v) is 5.35. The fourth-order valence-corrected chi connectivity index (χ4v) is 3.97. The number of rotatable bonds is 3. The Bertz CT molecular complexity index is 736. The molecule has 25 heavy (non-hydrogen) atoms. The monoisotopic (exact) mass is 339 g/mol. The van der Waals surface area contributed by atoms with Gasteiger partial charge >= 0.3 is 0 Å². The van der Waals surface area contributed by atoms with Crippen molar-refractivity contribution >= 4 is 5.91 Å². The maximum absolute atomic E-state index is 13.4. The summed E-state index contributed by atoms with van der Waals surface area (Å²) in [5.74, 6) is 2.14. The Morgan fingerprint density at radius 2 is 1.76 bits per heavy atom. The van der Waals surface area contributed by atoms with Gasteiger partial charge in [-0.2, -0.15) is 0 Å². The van der Waals surface area contributed by atoms with E-state index in [1.54, 1.807) is 0 Å². The third kappa shape index (κ3) is 3.18. The first-order valence-corrected chi connectivity index (χ1v) is 9.20. The molecule has 6 heteroatoms. The van der Waals surface area contributed by atoms with Crippen LogP contribution in [0, 0.1) is 6.92 Å². The van der Waals surface area contributed by atoms with Gasteiger partial charge in [-0.05, 0) is 31.7 Å². The molecule has 2 aliphatic heterocycles. The molecule has 0 aliphatic carbocycles. The fourth-order valence-electron chi connectivity index (χ4n) is 3.97. The van der Waals surface area contributed by atoms with Gasteiger partial charge in [-0.1, -0.05) is 30.3 Å². The molecular formula is C19H25N5O. The van der Waals surface area contributed by atoms with Crippen LogP contribution in [-0.4, -0.2) is 50.1 Å². The van der Waals surface area contributed by atoms with E-state index in [1.807, 2.05) is 30.0 Å². The van der Waals surface area contributed by atoms with Gasteiger partial charge in [-0.3, -0.25) is 9.69 Å². The van der Waals surface area contributed by atoms with Crippen molar-refractivity contribution in [2.24, 2.45) is 0 Å². The summed E-state index contributed by atoms with van der Waals surface area (Å²) in [5, 5.41) is 8.49. The van der Waals surface area contributed by atoms with E-state index < -0.39 is 0 Å². The molecule has 6 nitrogen and oxygen atoms in total. The van der Waals surface area contributed by atoms with E-state index in [-0.39, 0.29) is 11.9 Å². The van der Waals surface area contributed by atoms with Crippen LogP contribution in [0.25, 0.3) is 0 Å². The molecule has 0 saturated carbocycles. The van der Waals surface area contributed by atoms with E-state index in [0.29, 0.717) is 6.54 Å². The van der Waals surface area contributed by atoms with Crippen molar-refractivity contribution in [3.63, 3.8) is 0 Å². The summed E-state index contributed by atoms with van der Waals surface area (Å²) < 4.78 is 2.16. The lowest BCUT2D eigenvalue weighted by atomic mass is 10.0. The summed E-state index contributed by atoms with van der Waals surface area (Å²) in [4.78, 5) is 17.7. The van der Waals surface area contributed by atoms with E-state index in [0.717, 1.165) is 56.2 Å². The van der Waals surface area contributed by atoms with Gasteiger partial charge in [0.1, 0.15) is 17.7 Å². The maximum Gasteiger partial charge on any atom is 0.244 e. The van der Waals surface area contributed by atoms with Gasteiger partial charge in [0.25, 0.3) is 0 Å². The molecule has 1 fully saturated rings. The Labute approximate surface area is 148 Å². The number of amides is 1. The quantitative estimate of drug-likeness (QED) is 0.860. The number of likely N-dealkylation sites (tertiary alicyclic amines) is 1. The van der Waals surface area contributed by atoms with Crippen molar-refractivity contribution in [1.29, 1.82) is 0 Å². The molecule has 1 aromatic heterocycles. The zero-order valence-electron chi connectivity index (χ0n) is 14.8. The Morgan fingerprint density at radius 1 is 1.00 bits per heavy atom. The molecule has 2 aromatic rings. The Morgan fingerprint density at radius 3 is 2.52 bits per heavy atom. The van der Waals surface area contributed by atoms with Gasteiger partial charge < -0.3 is 9.47 Å². The summed E-state index contributed by atoms with van der Waals surface area (Å²) in [6.07, 6.45) is 3.45. The first-order chi connectivity index (χ1) is 12.2. The van der Waals surface area contributed by atoms with E-state index in [2.05, 4.69) is 31.8 Å². The van der Waals surface area contributed by atoms with Crippen LogP contribution in [-0.2, 0) is 17.9 Å². The Balaban J connectivity index is 1.63. The van der Waals surface area contributed by atoms with Crippen molar-refractivity contribution < 1.29 is 4.79 Å². The summed E-state index contributed by atoms with van der Waals surface area (Å²) in [5.41, 5.74) is 1.07. The first kappa shape index (κ1) is 16.3. The van der Waals surface area contributed by atoms with E-state index in [1.165, 1.54) is 6.42 Å². The number of aromatic nitrogens is 3. The van der Waals surface area contributed by atoms with Crippen LogP contribution >= 0.6 is 0 Å². The molecule has 0 N–H and O–H groups in total. The lowest BCUT2D eigenvalue weighted by Crippen LogP contribution is -2.47. The molecule has 1 aromatic carbocycles. The highest BCUT2D eigenvalue weighted by molar-refractivity contribution is 5.83. The molecule has 132 valence electrons. The van der Waals surface area contributed by atoms with Crippen LogP contribution in [0.4, 0.5) is 0 Å². The number of hydrogen-bond acceptors (Lipinski definition) is 4. The number of aryl methyl sites for hydroxylation is 1. The van der Waals surface area contributed by atoms with Crippen molar-refractivity contribution in [2.75, 3.05) is 19.6 Å². The number of fused-ring (bicyclic) bond motifs is 1. The Hall–Kier alpha value is -2.21. The summed E-state index contributed by atoms with van der Waals surface area (Å²) >= 11 is 0. The zero-order chi connectivity index (χ0) is 17.2. The van der Waals surface area contributed by atoms with Crippen LogP contribution < -0.4 is 0 Å². The molecule has 0 radical (unpaired) electrons. The molecule has 1 amide bonds. The maximum atomic E-state index is 13.4. The van der Waals surface area contributed by atoms with Gasteiger partial charge in [0, 0.05) is 26.2 Å². The number of benzene rings is 1. The predicted octanol–water partition coefficient (Wildman–Crippen LogP) is 2.16. The molecular weight excluding hydrogens is 314 g/mol. The highest BCUT2D eigenvalue weighted by atomic mass is 16.2. The first-order valence-electron chi connectivity index (χ1n) is 9.20. The normalized spacial score (nSPS) is 19.5. The molecule has 0 unspecified atom stereocenters. The lowest BCUT2D eigenvalue weighted by Gasteiger charge is -2.38. The fraction of sp³-hybridized carbons (Fsp3) is 0.526. The largest absolute Gasteiger partial charge is 0.341 e. The zero-order valence-corrected chi connectivity index (χ0v) is 14.8. The average molecular weight is 339 g/mol. The summed E-state index contributed by atoms with van der Waals surface area (Å²) in [6.45, 7) is 6.09. The van der Waals surface area contributed by atoms with E-state index in [4.69, 9.17) is 0 Å².